The molecule has 0 spiro atoms. The molecule has 21 heavy (non-hydrogen) atoms. The monoisotopic (exact) mass is 286 g/mol. The highest BCUT2D eigenvalue weighted by Crippen LogP contribution is 2.13. The zero-order chi connectivity index (χ0) is 15.4. The summed E-state index contributed by atoms with van der Waals surface area (Å²) in [6, 6.07) is 10.0. The molecule has 108 valence electrons. The second-order valence-corrected chi connectivity index (χ2v) is 4.54. The number of hydrogen-bond donors (Lipinski definition) is 3. The maximum Gasteiger partial charge on any atom is 0.330 e. The molecule has 2 rings (SSSR count). The Morgan fingerprint density at radius 1 is 1.14 bits per heavy atom. The van der Waals surface area contributed by atoms with Gasteiger partial charge >= 0.3 is 5.97 Å². The molecule has 0 aliphatic heterocycles. The van der Waals surface area contributed by atoms with Crippen LogP contribution >= 0.6 is 0 Å². The number of H-pyrrole nitrogens is 1. The number of carboxylic acid groups (broad SMARTS) is 1. The Labute approximate surface area is 120 Å². The Hall–Kier alpha value is -2.89. The van der Waals surface area contributed by atoms with Crippen LogP contribution in [0.4, 0.5) is 0 Å². The number of aromatic nitrogens is 1. The minimum absolute atomic E-state index is 0.122. The fourth-order valence-electron chi connectivity index (χ4n) is 1.89. The summed E-state index contributed by atoms with van der Waals surface area (Å²) in [6.45, 7) is 1.69. The van der Waals surface area contributed by atoms with Crippen LogP contribution in [0.5, 0.6) is 0 Å². The van der Waals surface area contributed by atoms with E-state index in [1.54, 1.807) is 43.3 Å². The standard InChI is InChI=1S/C15H14N2O4/c1-9-7-8-11(13(18)16-9)14(19)17-12(15(20)21)10-5-3-2-4-6-10/h2-8,12H,1H3,(H,16,18)(H,17,19)(H,20,21)/t12-/m0/s1. The van der Waals surface area contributed by atoms with Gasteiger partial charge in [-0.15, -0.1) is 0 Å². The third-order valence-electron chi connectivity index (χ3n) is 2.96. The first-order valence-corrected chi connectivity index (χ1v) is 6.27. The largest absolute Gasteiger partial charge is 0.479 e. The highest BCUT2D eigenvalue weighted by atomic mass is 16.4. The van der Waals surface area contributed by atoms with E-state index in [-0.39, 0.29) is 5.56 Å². The first kappa shape index (κ1) is 14.5. The van der Waals surface area contributed by atoms with Crippen molar-refractivity contribution in [3.05, 3.63) is 69.6 Å². The normalized spacial score (nSPS) is 11.7. The number of benzene rings is 1. The lowest BCUT2D eigenvalue weighted by molar-refractivity contribution is -0.139. The summed E-state index contributed by atoms with van der Waals surface area (Å²) in [6.07, 6.45) is 0. The molecule has 2 aromatic rings. The van der Waals surface area contributed by atoms with Crippen molar-refractivity contribution < 1.29 is 14.7 Å². The predicted molar refractivity (Wildman–Crippen MR) is 76.1 cm³/mol. The fourth-order valence-corrected chi connectivity index (χ4v) is 1.89. The summed E-state index contributed by atoms with van der Waals surface area (Å²) in [5.74, 6) is -1.93. The zero-order valence-electron chi connectivity index (χ0n) is 11.3. The molecule has 0 saturated carbocycles. The van der Waals surface area contributed by atoms with Crippen molar-refractivity contribution >= 4 is 11.9 Å². The molecular weight excluding hydrogens is 272 g/mol. The number of hydrogen-bond acceptors (Lipinski definition) is 3. The molecule has 0 bridgehead atoms. The van der Waals surface area contributed by atoms with Crippen LogP contribution < -0.4 is 10.9 Å². The van der Waals surface area contributed by atoms with E-state index in [0.717, 1.165) is 0 Å². The summed E-state index contributed by atoms with van der Waals surface area (Å²) in [7, 11) is 0. The topological polar surface area (TPSA) is 99.3 Å². The Kier molecular flexibility index (Phi) is 4.18. The highest BCUT2D eigenvalue weighted by Gasteiger charge is 2.23. The lowest BCUT2D eigenvalue weighted by atomic mass is 10.1. The Balaban J connectivity index is 2.27. The second-order valence-electron chi connectivity index (χ2n) is 4.54. The third-order valence-corrected chi connectivity index (χ3v) is 2.96. The molecule has 6 nitrogen and oxygen atoms in total. The number of carbonyl (C=O) groups is 2. The van der Waals surface area contributed by atoms with Gasteiger partial charge < -0.3 is 15.4 Å². The quantitative estimate of drug-likeness (QED) is 0.787. The number of carbonyl (C=O) groups excluding carboxylic acids is 1. The number of amides is 1. The van der Waals surface area contributed by atoms with Crippen molar-refractivity contribution in [2.75, 3.05) is 0 Å². The van der Waals surface area contributed by atoms with Gasteiger partial charge in [0.1, 0.15) is 5.56 Å². The highest BCUT2D eigenvalue weighted by molar-refractivity contribution is 5.96. The van der Waals surface area contributed by atoms with Crippen LogP contribution in [-0.2, 0) is 4.79 Å². The maximum absolute atomic E-state index is 12.1. The molecule has 0 fully saturated rings. The molecule has 3 N–H and O–H groups in total. The Morgan fingerprint density at radius 3 is 2.38 bits per heavy atom. The number of aromatic amines is 1. The van der Waals surface area contributed by atoms with Gasteiger partial charge in [-0.1, -0.05) is 30.3 Å². The van der Waals surface area contributed by atoms with Gasteiger partial charge in [0.05, 0.1) is 0 Å². The average molecular weight is 286 g/mol. The smallest absolute Gasteiger partial charge is 0.330 e. The van der Waals surface area contributed by atoms with Crippen LogP contribution in [0.25, 0.3) is 0 Å². The lowest BCUT2D eigenvalue weighted by Gasteiger charge is -2.14. The zero-order valence-corrected chi connectivity index (χ0v) is 11.3. The lowest BCUT2D eigenvalue weighted by Crippen LogP contribution is -2.36. The number of aliphatic carboxylic acids is 1. The third kappa shape index (κ3) is 3.36. The van der Waals surface area contributed by atoms with Gasteiger partial charge in [-0.05, 0) is 24.6 Å². The van der Waals surface area contributed by atoms with Gasteiger partial charge in [0, 0.05) is 5.69 Å². The van der Waals surface area contributed by atoms with Gasteiger partial charge in [-0.3, -0.25) is 9.59 Å². The van der Waals surface area contributed by atoms with E-state index >= 15 is 0 Å². The fraction of sp³-hybridized carbons (Fsp3) is 0.133. The Bertz CT molecular complexity index is 722. The van der Waals surface area contributed by atoms with Crippen molar-refractivity contribution in [2.45, 2.75) is 13.0 Å². The number of carboxylic acids is 1. The summed E-state index contributed by atoms with van der Waals surface area (Å²) < 4.78 is 0. The van der Waals surface area contributed by atoms with Gasteiger partial charge in [-0.2, -0.15) is 0 Å². The van der Waals surface area contributed by atoms with Crippen LogP contribution in [0, 0.1) is 6.92 Å². The summed E-state index contributed by atoms with van der Waals surface area (Å²) in [5, 5.41) is 11.6. The Morgan fingerprint density at radius 2 is 1.81 bits per heavy atom. The van der Waals surface area contributed by atoms with Crippen molar-refractivity contribution in [2.24, 2.45) is 0 Å². The molecular formula is C15H14N2O4. The average Bonchev–Trinajstić information content (AvgIpc) is 2.45. The predicted octanol–water partition coefficient (Wildman–Crippen LogP) is 1.24. The van der Waals surface area contributed by atoms with Crippen LogP contribution in [0.2, 0.25) is 0 Å². The van der Waals surface area contributed by atoms with Crippen molar-refractivity contribution in [1.29, 1.82) is 0 Å². The van der Waals surface area contributed by atoms with Crippen molar-refractivity contribution in [1.82, 2.24) is 10.3 Å². The molecule has 0 saturated heterocycles. The molecule has 0 radical (unpaired) electrons. The van der Waals surface area contributed by atoms with Gasteiger partial charge in [0.25, 0.3) is 11.5 Å². The van der Waals surface area contributed by atoms with E-state index in [0.29, 0.717) is 11.3 Å². The van der Waals surface area contributed by atoms with E-state index in [9.17, 15) is 19.5 Å². The van der Waals surface area contributed by atoms with E-state index < -0.39 is 23.5 Å². The number of pyridine rings is 1. The van der Waals surface area contributed by atoms with Gasteiger partial charge in [0.2, 0.25) is 0 Å². The van der Waals surface area contributed by atoms with Crippen LogP contribution in [0.3, 0.4) is 0 Å². The molecule has 0 aliphatic carbocycles. The number of rotatable bonds is 4. The molecule has 1 amide bonds. The first-order chi connectivity index (χ1) is 9.99. The number of nitrogens with one attached hydrogen (secondary N) is 2. The van der Waals surface area contributed by atoms with Gasteiger partial charge in [0.15, 0.2) is 6.04 Å². The second kappa shape index (κ2) is 6.04. The minimum atomic E-state index is -1.21. The van der Waals surface area contributed by atoms with Crippen LogP contribution in [0.1, 0.15) is 27.7 Å². The van der Waals surface area contributed by atoms with Crippen LogP contribution in [0.15, 0.2) is 47.3 Å². The molecule has 1 aromatic heterocycles. The first-order valence-electron chi connectivity index (χ1n) is 6.27. The molecule has 1 heterocycles. The van der Waals surface area contributed by atoms with Gasteiger partial charge in [-0.25, -0.2) is 4.79 Å². The van der Waals surface area contributed by atoms with E-state index in [4.69, 9.17) is 0 Å². The SMILES string of the molecule is Cc1ccc(C(=O)N[C@H](C(=O)O)c2ccccc2)c(=O)[nH]1. The summed E-state index contributed by atoms with van der Waals surface area (Å²) in [4.78, 5) is 37.6. The van der Waals surface area contributed by atoms with Crippen LogP contribution in [-0.4, -0.2) is 22.0 Å². The summed E-state index contributed by atoms with van der Waals surface area (Å²) in [5.41, 5.74) is 0.378. The molecule has 1 atom stereocenters. The maximum atomic E-state index is 12.1. The van der Waals surface area contributed by atoms with E-state index in [2.05, 4.69) is 10.3 Å². The van der Waals surface area contributed by atoms with E-state index in [1.165, 1.54) is 6.07 Å². The summed E-state index contributed by atoms with van der Waals surface area (Å²) >= 11 is 0. The minimum Gasteiger partial charge on any atom is -0.479 e. The molecule has 6 heteroatoms. The molecule has 0 unspecified atom stereocenters. The van der Waals surface area contributed by atoms with Crippen molar-refractivity contribution in [3.63, 3.8) is 0 Å². The number of aryl methyl sites for hydroxylation is 1. The van der Waals surface area contributed by atoms with E-state index in [1.807, 2.05) is 0 Å². The van der Waals surface area contributed by atoms with Crippen molar-refractivity contribution in [3.8, 4) is 0 Å². The molecule has 0 aliphatic rings. The molecule has 1 aromatic carbocycles.